The molecule has 0 radical (unpaired) electrons. The molecule has 0 aliphatic carbocycles. The zero-order valence-electron chi connectivity index (χ0n) is 11.3. The zero-order valence-corrected chi connectivity index (χ0v) is 12.2. The molecule has 20 heavy (non-hydrogen) atoms. The van der Waals surface area contributed by atoms with E-state index in [1.54, 1.807) is 0 Å². The Labute approximate surface area is 122 Å². The Balaban J connectivity index is 2.24. The first-order valence-electron chi connectivity index (χ1n) is 6.15. The lowest BCUT2D eigenvalue weighted by Crippen LogP contribution is -2.23. The summed E-state index contributed by atoms with van der Waals surface area (Å²) >= 11 is 1.21. The molecule has 0 bridgehead atoms. The molecular weight excluding hydrogens is 274 g/mol. The van der Waals surface area contributed by atoms with Crippen LogP contribution in [0.5, 0.6) is 0 Å². The van der Waals surface area contributed by atoms with Crippen LogP contribution in [0.2, 0.25) is 0 Å². The normalized spacial score (nSPS) is 9.85. The van der Waals surface area contributed by atoms with Gasteiger partial charge in [0.15, 0.2) is 11.1 Å². The molecule has 1 aromatic carbocycles. The van der Waals surface area contributed by atoms with E-state index in [1.165, 1.54) is 11.8 Å². The minimum Gasteiger partial charge on any atom is -0.370 e. The topological polar surface area (TPSA) is 117 Å². The van der Waals surface area contributed by atoms with Crippen molar-refractivity contribution in [2.24, 2.45) is 16.5 Å². The minimum atomic E-state index is -0.125. The number of hydrogen-bond acceptors (Lipinski definition) is 3. The highest BCUT2D eigenvalue weighted by Crippen LogP contribution is 2.11. The van der Waals surface area contributed by atoms with Gasteiger partial charge in [-0.25, -0.2) is 0 Å². The van der Waals surface area contributed by atoms with Gasteiger partial charge < -0.3 is 16.8 Å². The number of anilines is 1. The Morgan fingerprint density at radius 3 is 2.85 bits per heavy atom. The monoisotopic (exact) mass is 293 g/mol. The van der Waals surface area contributed by atoms with Gasteiger partial charge in [-0.1, -0.05) is 23.9 Å². The number of rotatable bonds is 5. The molecule has 0 saturated heterocycles. The Morgan fingerprint density at radius 1 is 1.45 bits per heavy atom. The average Bonchev–Trinajstić information content (AvgIpc) is 2.34. The highest BCUT2D eigenvalue weighted by Gasteiger charge is 2.03. The van der Waals surface area contributed by atoms with Crippen LogP contribution in [0.25, 0.3) is 0 Å². The molecule has 7 heteroatoms. The first-order chi connectivity index (χ1) is 9.47. The summed E-state index contributed by atoms with van der Waals surface area (Å²) in [6.07, 6.45) is 1.06. The van der Waals surface area contributed by atoms with Crippen molar-refractivity contribution in [1.82, 2.24) is 0 Å². The van der Waals surface area contributed by atoms with Crippen LogP contribution in [0.1, 0.15) is 18.4 Å². The number of benzene rings is 1. The van der Waals surface area contributed by atoms with Crippen LogP contribution < -0.4 is 16.8 Å². The molecule has 0 atom stereocenters. The van der Waals surface area contributed by atoms with Crippen LogP contribution in [0.15, 0.2) is 29.3 Å². The Kier molecular flexibility index (Phi) is 6.58. The SMILES string of the molecule is Cc1cccc(NC(=O)CCCSC(=N)N=C(N)N)c1. The van der Waals surface area contributed by atoms with Gasteiger partial charge in [-0.15, -0.1) is 0 Å². The van der Waals surface area contributed by atoms with Gasteiger partial charge in [0.1, 0.15) is 0 Å². The maximum atomic E-state index is 11.7. The summed E-state index contributed by atoms with van der Waals surface area (Å²) in [4.78, 5) is 15.3. The van der Waals surface area contributed by atoms with Crippen LogP contribution >= 0.6 is 11.8 Å². The van der Waals surface area contributed by atoms with Gasteiger partial charge in [-0.05, 0) is 31.0 Å². The predicted molar refractivity (Wildman–Crippen MR) is 85.0 cm³/mol. The number of amidine groups is 1. The highest BCUT2D eigenvalue weighted by molar-refractivity contribution is 8.13. The Bertz CT molecular complexity index is 511. The van der Waals surface area contributed by atoms with Crippen LogP contribution in [-0.2, 0) is 4.79 Å². The summed E-state index contributed by atoms with van der Waals surface area (Å²) in [5.41, 5.74) is 12.2. The quantitative estimate of drug-likeness (QED) is 0.375. The van der Waals surface area contributed by atoms with Gasteiger partial charge in [-0.3, -0.25) is 10.2 Å². The van der Waals surface area contributed by atoms with Gasteiger partial charge in [-0.2, -0.15) is 4.99 Å². The summed E-state index contributed by atoms with van der Waals surface area (Å²) in [7, 11) is 0. The van der Waals surface area contributed by atoms with Crippen molar-refractivity contribution in [3.8, 4) is 0 Å². The third kappa shape index (κ3) is 6.79. The number of amides is 1. The van der Waals surface area contributed by atoms with Crippen molar-refractivity contribution >= 4 is 34.5 Å². The summed E-state index contributed by atoms with van der Waals surface area (Å²) < 4.78 is 0. The number of nitrogens with one attached hydrogen (secondary N) is 2. The first-order valence-corrected chi connectivity index (χ1v) is 7.13. The Morgan fingerprint density at radius 2 is 2.20 bits per heavy atom. The van der Waals surface area contributed by atoms with Crippen LogP contribution in [-0.4, -0.2) is 22.8 Å². The fraction of sp³-hybridized carbons (Fsp3) is 0.308. The maximum absolute atomic E-state index is 11.7. The number of carbonyl (C=O) groups excluding carboxylic acids is 1. The summed E-state index contributed by atoms with van der Waals surface area (Å²) in [5, 5.41) is 10.3. The van der Waals surface area contributed by atoms with E-state index in [4.69, 9.17) is 16.9 Å². The van der Waals surface area contributed by atoms with Crippen LogP contribution in [0, 0.1) is 12.3 Å². The second kappa shape index (κ2) is 8.21. The molecule has 0 aromatic heterocycles. The largest absolute Gasteiger partial charge is 0.370 e. The standard InChI is InChI=1S/C13H19N5OS/c1-9-4-2-5-10(8-9)17-11(19)6-3-7-20-13(16)18-12(14)15/h2,4-5,8H,3,6-7H2,1H3,(H,17,19)(H5,14,15,16,18). The third-order valence-corrected chi connectivity index (χ3v) is 3.18. The molecule has 0 heterocycles. The summed E-state index contributed by atoms with van der Waals surface area (Å²) in [6.45, 7) is 1.97. The number of nitrogens with zero attached hydrogens (tertiary/aromatic N) is 1. The lowest BCUT2D eigenvalue weighted by atomic mass is 10.2. The molecule has 0 unspecified atom stereocenters. The first kappa shape index (κ1) is 16.0. The van der Waals surface area contributed by atoms with E-state index in [1.807, 2.05) is 31.2 Å². The van der Waals surface area contributed by atoms with E-state index in [-0.39, 0.29) is 17.0 Å². The molecule has 1 amide bonds. The van der Waals surface area contributed by atoms with Crippen molar-refractivity contribution in [3.05, 3.63) is 29.8 Å². The third-order valence-electron chi connectivity index (χ3n) is 2.32. The van der Waals surface area contributed by atoms with Crippen molar-refractivity contribution < 1.29 is 4.79 Å². The van der Waals surface area contributed by atoms with E-state index in [2.05, 4.69) is 10.3 Å². The molecule has 0 aliphatic rings. The molecule has 6 nitrogen and oxygen atoms in total. The number of carbonyl (C=O) groups is 1. The van der Waals surface area contributed by atoms with Gasteiger partial charge >= 0.3 is 0 Å². The maximum Gasteiger partial charge on any atom is 0.224 e. The van der Waals surface area contributed by atoms with Gasteiger partial charge in [0, 0.05) is 17.9 Å². The number of hydrogen-bond donors (Lipinski definition) is 4. The smallest absolute Gasteiger partial charge is 0.224 e. The number of aliphatic imine (C=N–C) groups is 1. The second-order valence-electron chi connectivity index (χ2n) is 4.21. The van der Waals surface area contributed by atoms with Gasteiger partial charge in [0.2, 0.25) is 5.91 Å². The number of thioether (sulfide) groups is 1. The lowest BCUT2D eigenvalue weighted by Gasteiger charge is -2.05. The van der Waals surface area contributed by atoms with Crippen molar-refractivity contribution in [1.29, 1.82) is 5.41 Å². The highest BCUT2D eigenvalue weighted by atomic mass is 32.2. The summed E-state index contributed by atoms with van der Waals surface area (Å²) in [6, 6.07) is 7.65. The summed E-state index contributed by atoms with van der Waals surface area (Å²) in [5.74, 6) is 0.459. The lowest BCUT2D eigenvalue weighted by molar-refractivity contribution is -0.116. The van der Waals surface area contributed by atoms with Crippen LogP contribution in [0.4, 0.5) is 5.69 Å². The molecule has 0 saturated carbocycles. The fourth-order valence-corrected chi connectivity index (χ4v) is 2.15. The number of guanidine groups is 1. The molecular formula is C13H19N5OS. The predicted octanol–water partition coefficient (Wildman–Crippen LogP) is 1.66. The molecule has 108 valence electrons. The molecule has 6 N–H and O–H groups in total. The van der Waals surface area contributed by atoms with Crippen LogP contribution in [0.3, 0.4) is 0 Å². The number of nitrogens with two attached hydrogens (primary N) is 2. The van der Waals surface area contributed by atoms with Gasteiger partial charge in [0.05, 0.1) is 0 Å². The molecule has 0 spiro atoms. The second-order valence-corrected chi connectivity index (χ2v) is 5.30. The van der Waals surface area contributed by atoms with Gasteiger partial charge in [0.25, 0.3) is 0 Å². The molecule has 1 aromatic rings. The molecule has 1 rings (SSSR count). The van der Waals surface area contributed by atoms with E-state index >= 15 is 0 Å². The van der Waals surface area contributed by atoms with E-state index in [0.717, 1.165) is 11.3 Å². The van der Waals surface area contributed by atoms with Crippen molar-refractivity contribution in [2.75, 3.05) is 11.1 Å². The number of aryl methyl sites for hydroxylation is 1. The van der Waals surface area contributed by atoms with Crippen molar-refractivity contribution in [3.63, 3.8) is 0 Å². The van der Waals surface area contributed by atoms with E-state index < -0.39 is 0 Å². The van der Waals surface area contributed by atoms with E-state index in [9.17, 15) is 4.79 Å². The molecule has 0 aliphatic heterocycles. The fourth-order valence-electron chi connectivity index (χ4n) is 1.50. The van der Waals surface area contributed by atoms with E-state index in [0.29, 0.717) is 18.6 Å². The minimum absolute atomic E-state index is 0.0374. The zero-order chi connectivity index (χ0) is 15.0. The molecule has 0 fully saturated rings. The Hall–Kier alpha value is -2.02. The van der Waals surface area contributed by atoms with Crippen molar-refractivity contribution in [2.45, 2.75) is 19.8 Å². The average molecular weight is 293 g/mol.